The Morgan fingerprint density at radius 1 is 0.787 bits per heavy atom. The van der Waals surface area contributed by atoms with E-state index in [9.17, 15) is 14.4 Å². The van der Waals surface area contributed by atoms with E-state index in [-0.39, 0.29) is 57.5 Å². The van der Waals surface area contributed by atoms with Crippen molar-refractivity contribution in [2.24, 2.45) is 56.2 Å². The van der Waals surface area contributed by atoms with Crippen LogP contribution in [0.1, 0.15) is 131 Å². The van der Waals surface area contributed by atoms with Crippen molar-refractivity contribution in [3.8, 4) is 0 Å². The molecule has 0 aromatic heterocycles. The first kappa shape index (κ1) is 34.5. The summed E-state index contributed by atoms with van der Waals surface area (Å²) in [6, 6.07) is 10.1. The van der Waals surface area contributed by atoms with Gasteiger partial charge in [0.15, 0.2) is 0 Å². The quantitative estimate of drug-likeness (QED) is 0.217. The van der Waals surface area contributed by atoms with Crippen molar-refractivity contribution in [2.45, 2.75) is 138 Å². The largest absolute Gasteiger partial charge is 0.469 e. The van der Waals surface area contributed by atoms with Gasteiger partial charge in [0, 0.05) is 5.41 Å². The lowest BCUT2D eigenvalue weighted by Gasteiger charge is -2.72. The molecule has 8 unspecified atom stereocenters. The average molecular weight is 649 g/mol. The zero-order chi connectivity index (χ0) is 34.0. The molecule has 1 aromatic rings. The number of carbonyl (C=O) groups is 3. The smallest absolute Gasteiger partial charge is 0.312 e. The molecule has 5 fully saturated rings. The Labute approximate surface area is 283 Å². The summed E-state index contributed by atoms with van der Waals surface area (Å²) in [4.78, 5) is 39.4. The number of esters is 3. The fraction of sp³-hybridized carbons (Fsp3) is 0.780. The minimum atomic E-state index is -0.907. The van der Waals surface area contributed by atoms with Crippen molar-refractivity contribution in [3.05, 3.63) is 35.9 Å². The van der Waals surface area contributed by atoms with Gasteiger partial charge in [-0.05, 0) is 124 Å². The van der Waals surface area contributed by atoms with Crippen LogP contribution >= 0.6 is 0 Å². The summed E-state index contributed by atoms with van der Waals surface area (Å²) in [5.74, 6) is 1.38. The van der Waals surface area contributed by atoms with Gasteiger partial charge in [0.05, 0.1) is 24.4 Å². The molecule has 0 heterocycles. The van der Waals surface area contributed by atoms with Crippen LogP contribution in [0.4, 0.5) is 0 Å². The maximum Gasteiger partial charge on any atom is 0.312 e. The Balaban J connectivity index is 1.19. The number of carbonyl (C=O) groups excluding carboxylic acids is 3. The molecule has 0 radical (unpaired) electrons. The second-order valence-corrected chi connectivity index (χ2v) is 18.3. The van der Waals surface area contributed by atoms with E-state index in [1.807, 2.05) is 30.3 Å². The molecule has 5 aliphatic rings. The standard InChI is InChI=1S/C41H60O6/c1-36(2,34(43)45-8)25-33(42)47-32-19-21-38(5)30(37(32,3)4)18-22-40(7)31(38)17-16-28-29-15-12-20-41(29,24-23-39(28,40)6)35(44)46-26-27-13-10-9-11-14-27/h9-11,13-14,28-32H,12,15-26H2,1-8H3/t28?,29?,30?,31?,32?,38?,39-,40?,41?/m1/s1. The molecule has 0 amide bonds. The second kappa shape index (κ2) is 11.9. The molecule has 9 atom stereocenters. The lowest BCUT2D eigenvalue weighted by atomic mass is 9.32. The van der Waals surface area contributed by atoms with Crippen LogP contribution in [0.3, 0.4) is 0 Å². The summed E-state index contributed by atoms with van der Waals surface area (Å²) in [7, 11) is 1.36. The van der Waals surface area contributed by atoms with Crippen molar-refractivity contribution >= 4 is 17.9 Å². The molecule has 5 saturated carbocycles. The first-order valence-corrected chi connectivity index (χ1v) is 18.5. The fourth-order valence-electron chi connectivity index (χ4n) is 12.9. The molecular formula is C41H60O6. The molecule has 0 aliphatic heterocycles. The normalized spacial score (nSPS) is 40.6. The monoisotopic (exact) mass is 648 g/mol. The molecule has 6 nitrogen and oxygen atoms in total. The summed E-state index contributed by atoms with van der Waals surface area (Å²) < 4.78 is 17.3. The average Bonchev–Trinajstić information content (AvgIpc) is 3.47. The Hall–Kier alpha value is -2.37. The van der Waals surface area contributed by atoms with Crippen LogP contribution in [-0.4, -0.2) is 31.1 Å². The van der Waals surface area contributed by atoms with Crippen LogP contribution in [0, 0.1) is 56.2 Å². The van der Waals surface area contributed by atoms with E-state index in [0.29, 0.717) is 30.3 Å². The van der Waals surface area contributed by atoms with E-state index >= 15 is 0 Å². The zero-order valence-corrected chi connectivity index (χ0v) is 30.4. The summed E-state index contributed by atoms with van der Waals surface area (Å²) in [5.41, 5.74) is 0.223. The van der Waals surface area contributed by atoms with Gasteiger partial charge in [0.25, 0.3) is 0 Å². The first-order chi connectivity index (χ1) is 22.0. The van der Waals surface area contributed by atoms with Crippen molar-refractivity contribution in [1.29, 1.82) is 0 Å². The van der Waals surface area contributed by atoms with Gasteiger partial charge in [-0.2, -0.15) is 0 Å². The SMILES string of the molecule is COC(=O)C(C)(C)CC(=O)OC1CCC2(C)C(CCC3(C)C2CCC2C4CCCC4(C(=O)OCc4ccccc4)CC[C@]23C)C1(C)C. The number of fused-ring (bicyclic) bond motifs is 7. The molecular weight excluding hydrogens is 588 g/mol. The molecule has 6 rings (SSSR count). The molecule has 47 heavy (non-hydrogen) atoms. The number of hydrogen-bond donors (Lipinski definition) is 0. The minimum absolute atomic E-state index is 0.0249. The molecule has 0 N–H and O–H groups in total. The highest BCUT2D eigenvalue weighted by Crippen LogP contribution is 2.77. The van der Waals surface area contributed by atoms with Crippen LogP contribution in [0.15, 0.2) is 30.3 Å². The van der Waals surface area contributed by atoms with Gasteiger partial charge >= 0.3 is 17.9 Å². The summed E-state index contributed by atoms with van der Waals surface area (Å²) in [5, 5.41) is 0. The molecule has 6 heteroatoms. The first-order valence-electron chi connectivity index (χ1n) is 18.5. The van der Waals surface area contributed by atoms with E-state index in [2.05, 4.69) is 34.6 Å². The highest BCUT2D eigenvalue weighted by atomic mass is 16.5. The Kier molecular flexibility index (Phi) is 8.73. The third-order valence-corrected chi connectivity index (χ3v) is 15.5. The molecule has 5 aliphatic carbocycles. The van der Waals surface area contributed by atoms with Gasteiger partial charge < -0.3 is 14.2 Å². The van der Waals surface area contributed by atoms with Crippen LogP contribution < -0.4 is 0 Å². The topological polar surface area (TPSA) is 78.9 Å². The van der Waals surface area contributed by atoms with Crippen LogP contribution in [0.5, 0.6) is 0 Å². The lowest BCUT2D eigenvalue weighted by molar-refractivity contribution is -0.249. The number of methoxy groups -OCH3 is 1. The molecule has 0 bridgehead atoms. The number of rotatable bonds is 7. The minimum Gasteiger partial charge on any atom is -0.469 e. The molecule has 260 valence electrons. The van der Waals surface area contributed by atoms with Crippen LogP contribution in [0.2, 0.25) is 0 Å². The van der Waals surface area contributed by atoms with E-state index < -0.39 is 5.41 Å². The van der Waals surface area contributed by atoms with Crippen molar-refractivity contribution < 1.29 is 28.6 Å². The highest BCUT2D eigenvalue weighted by molar-refractivity contribution is 5.82. The van der Waals surface area contributed by atoms with Crippen LogP contribution in [-0.2, 0) is 35.2 Å². The summed E-state index contributed by atoms with van der Waals surface area (Å²) >= 11 is 0. The Bertz CT molecular complexity index is 1370. The van der Waals surface area contributed by atoms with Crippen molar-refractivity contribution in [3.63, 3.8) is 0 Å². The van der Waals surface area contributed by atoms with E-state index in [0.717, 1.165) is 56.9 Å². The molecule has 0 spiro atoms. The Morgan fingerprint density at radius 2 is 1.51 bits per heavy atom. The summed E-state index contributed by atoms with van der Waals surface area (Å²) in [6.07, 6.45) is 11.8. The molecule has 1 aromatic carbocycles. The van der Waals surface area contributed by atoms with Crippen LogP contribution in [0.25, 0.3) is 0 Å². The Morgan fingerprint density at radius 3 is 2.21 bits per heavy atom. The number of hydrogen-bond acceptors (Lipinski definition) is 6. The second-order valence-electron chi connectivity index (χ2n) is 18.3. The zero-order valence-electron chi connectivity index (χ0n) is 30.4. The van der Waals surface area contributed by atoms with Gasteiger partial charge in [-0.3, -0.25) is 14.4 Å². The lowest BCUT2D eigenvalue weighted by Crippen LogP contribution is -2.67. The number of benzene rings is 1. The fourth-order valence-corrected chi connectivity index (χ4v) is 12.9. The van der Waals surface area contributed by atoms with Crippen molar-refractivity contribution in [2.75, 3.05) is 7.11 Å². The van der Waals surface area contributed by atoms with E-state index in [4.69, 9.17) is 14.2 Å². The maximum atomic E-state index is 14.0. The predicted octanol–water partition coefficient (Wildman–Crippen LogP) is 9.09. The third-order valence-electron chi connectivity index (χ3n) is 15.5. The molecule has 0 saturated heterocycles. The van der Waals surface area contributed by atoms with Gasteiger partial charge in [0.1, 0.15) is 12.7 Å². The van der Waals surface area contributed by atoms with Gasteiger partial charge in [-0.15, -0.1) is 0 Å². The van der Waals surface area contributed by atoms with Gasteiger partial charge in [0.2, 0.25) is 0 Å². The third kappa shape index (κ3) is 5.28. The van der Waals surface area contributed by atoms with E-state index in [1.165, 1.54) is 26.4 Å². The number of ether oxygens (including phenoxy) is 3. The van der Waals surface area contributed by atoms with E-state index in [1.54, 1.807) is 13.8 Å². The van der Waals surface area contributed by atoms with Crippen molar-refractivity contribution in [1.82, 2.24) is 0 Å². The predicted molar refractivity (Wildman–Crippen MR) is 182 cm³/mol. The maximum absolute atomic E-state index is 14.0. The summed E-state index contributed by atoms with van der Waals surface area (Å²) in [6.45, 7) is 16.3. The van der Waals surface area contributed by atoms with Gasteiger partial charge in [-0.25, -0.2) is 0 Å². The van der Waals surface area contributed by atoms with Gasteiger partial charge in [-0.1, -0.05) is 71.4 Å². The highest BCUT2D eigenvalue weighted by Gasteiger charge is 2.71.